The van der Waals surface area contributed by atoms with Crippen LogP contribution in [0.25, 0.3) is 0 Å². The van der Waals surface area contributed by atoms with Gasteiger partial charge in [-0.05, 0) is 38.1 Å². The molecule has 106 valence electrons. The first-order valence-corrected chi connectivity index (χ1v) is 6.72. The topological polar surface area (TPSA) is 40.5 Å². The predicted molar refractivity (Wildman–Crippen MR) is 78.5 cm³/mol. The van der Waals surface area contributed by atoms with E-state index in [-0.39, 0.29) is 5.56 Å². The minimum atomic E-state index is -0.123. The van der Waals surface area contributed by atoms with Gasteiger partial charge in [-0.2, -0.15) is 0 Å². The van der Waals surface area contributed by atoms with E-state index >= 15 is 0 Å². The van der Waals surface area contributed by atoms with Gasteiger partial charge < -0.3 is 14.0 Å². The molecule has 0 radical (unpaired) electrons. The van der Waals surface area contributed by atoms with E-state index in [1.807, 2.05) is 38.1 Å². The summed E-state index contributed by atoms with van der Waals surface area (Å²) in [5, 5.41) is 0. The van der Waals surface area contributed by atoms with Crippen LogP contribution in [0.4, 0.5) is 0 Å². The summed E-state index contributed by atoms with van der Waals surface area (Å²) in [4.78, 5) is 12.0. The highest BCUT2D eigenvalue weighted by Gasteiger charge is 2.03. The summed E-state index contributed by atoms with van der Waals surface area (Å²) in [6, 6.07) is 11.3. The Bertz CT molecular complexity index is 602. The summed E-state index contributed by atoms with van der Waals surface area (Å²) in [5.74, 6) is 1.19. The van der Waals surface area contributed by atoms with Crippen LogP contribution in [-0.2, 0) is 6.54 Å². The van der Waals surface area contributed by atoms with Gasteiger partial charge in [0, 0.05) is 6.20 Å². The molecule has 20 heavy (non-hydrogen) atoms. The van der Waals surface area contributed by atoms with Gasteiger partial charge in [0.05, 0.1) is 13.2 Å². The number of pyridine rings is 1. The van der Waals surface area contributed by atoms with Gasteiger partial charge in [-0.15, -0.1) is 0 Å². The van der Waals surface area contributed by atoms with Crippen molar-refractivity contribution in [3.8, 4) is 11.5 Å². The molecule has 0 spiro atoms. The molecule has 0 bridgehead atoms. The summed E-state index contributed by atoms with van der Waals surface area (Å²) in [7, 11) is 0. The molecule has 2 aromatic rings. The minimum Gasteiger partial charge on any atom is -0.492 e. The van der Waals surface area contributed by atoms with Crippen molar-refractivity contribution in [1.82, 2.24) is 4.57 Å². The van der Waals surface area contributed by atoms with E-state index in [1.54, 1.807) is 22.9 Å². The van der Waals surface area contributed by atoms with Crippen molar-refractivity contribution in [1.29, 1.82) is 0 Å². The average Bonchev–Trinajstić information content (AvgIpc) is 2.45. The Morgan fingerprint density at radius 2 is 1.85 bits per heavy atom. The van der Waals surface area contributed by atoms with E-state index < -0.39 is 0 Å². The van der Waals surface area contributed by atoms with Gasteiger partial charge in [-0.3, -0.25) is 4.79 Å². The molecule has 0 aliphatic heterocycles. The first-order chi connectivity index (χ1) is 9.70. The lowest BCUT2D eigenvalue weighted by Gasteiger charge is -2.10. The number of ether oxygens (including phenoxy) is 2. The van der Waals surface area contributed by atoms with Crippen LogP contribution in [0.1, 0.15) is 12.5 Å². The zero-order valence-corrected chi connectivity index (χ0v) is 11.8. The fourth-order valence-electron chi connectivity index (χ4n) is 1.85. The van der Waals surface area contributed by atoms with Crippen LogP contribution in [0.15, 0.2) is 47.4 Å². The molecule has 4 heteroatoms. The lowest BCUT2D eigenvalue weighted by Crippen LogP contribution is -2.23. The van der Waals surface area contributed by atoms with Crippen LogP contribution < -0.4 is 15.0 Å². The molecule has 0 amide bonds. The first-order valence-electron chi connectivity index (χ1n) is 6.72. The number of benzene rings is 1. The molecule has 4 nitrogen and oxygen atoms in total. The normalized spacial score (nSPS) is 10.3. The monoisotopic (exact) mass is 273 g/mol. The Kier molecular flexibility index (Phi) is 4.82. The van der Waals surface area contributed by atoms with Gasteiger partial charge in [0.15, 0.2) is 5.75 Å². The highest BCUT2D eigenvalue weighted by Crippen LogP contribution is 2.11. The average molecular weight is 273 g/mol. The molecule has 0 fully saturated rings. The summed E-state index contributed by atoms with van der Waals surface area (Å²) < 4.78 is 12.5. The third kappa shape index (κ3) is 3.63. The van der Waals surface area contributed by atoms with Crippen molar-refractivity contribution in [2.45, 2.75) is 20.4 Å². The summed E-state index contributed by atoms with van der Waals surface area (Å²) in [6.07, 6.45) is 1.74. The van der Waals surface area contributed by atoms with E-state index in [0.29, 0.717) is 25.5 Å². The molecule has 0 aliphatic rings. The zero-order chi connectivity index (χ0) is 14.4. The Hall–Kier alpha value is -2.23. The van der Waals surface area contributed by atoms with E-state index in [2.05, 4.69) is 0 Å². The standard InChI is InChI=1S/C16H19NO3/c1-3-19-15-5-4-10-17(16(15)18)11-12-20-14-8-6-13(2)7-9-14/h4-10H,3,11-12H2,1-2H3. The Morgan fingerprint density at radius 3 is 2.55 bits per heavy atom. The van der Waals surface area contributed by atoms with Crippen LogP contribution in [0.2, 0.25) is 0 Å². The van der Waals surface area contributed by atoms with E-state index in [1.165, 1.54) is 5.56 Å². The zero-order valence-electron chi connectivity index (χ0n) is 11.8. The van der Waals surface area contributed by atoms with E-state index in [9.17, 15) is 4.79 Å². The maximum Gasteiger partial charge on any atom is 0.292 e. The third-order valence-corrected chi connectivity index (χ3v) is 2.91. The maximum absolute atomic E-state index is 12.0. The van der Waals surface area contributed by atoms with Crippen molar-refractivity contribution in [3.05, 3.63) is 58.5 Å². The second-order valence-electron chi connectivity index (χ2n) is 4.47. The van der Waals surface area contributed by atoms with Crippen molar-refractivity contribution in [3.63, 3.8) is 0 Å². The first kappa shape index (κ1) is 14.2. The molecule has 0 N–H and O–H groups in total. The van der Waals surface area contributed by atoms with Crippen LogP contribution in [0, 0.1) is 6.92 Å². The highest BCUT2D eigenvalue weighted by atomic mass is 16.5. The minimum absolute atomic E-state index is 0.123. The molecular weight excluding hydrogens is 254 g/mol. The quantitative estimate of drug-likeness (QED) is 0.812. The summed E-state index contributed by atoms with van der Waals surface area (Å²) in [6.45, 7) is 5.31. The molecule has 1 heterocycles. The number of aryl methyl sites for hydroxylation is 1. The number of nitrogens with zero attached hydrogens (tertiary/aromatic N) is 1. The third-order valence-electron chi connectivity index (χ3n) is 2.91. The molecule has 0 unspecified atom stereocenters. The van der Waals surface area contributed by atoms with Gasteiger partial charge in [0.25, 0.3) is 5.56 Å². The Morgan fingerprint density at radius 1 is 1.10 bits per heavy atom. The van der Waals surface area contributed by atoms with Crippen LogP contribution in [0.5, 0.6) is 11.5 Å². The summed E-state index contributed by atoms with van der Waals surface area (Å²) in [5.41, 5.74) is 1.07. The van der Waals surface area contributed by atoms with Gasteiger partial charge in [-0.25, -0.2) is 0 Å². The van der Waals surface area contributed by atoms with Crippen LogP contribution >= 0.6 is 0 Å². The smallest absolute Gasteiger partial charge is 0.292 e. The number of aromatic nitrogens is 1. The Labute approximate surface area is 118 Å². The predicted octanol–water partition coefficient (Wildman–Crippen LogP) is 2.63. The lowest BCUT2D eigenvalue weighted by molar-refractivity contribution is 0.291. The van der Waals surface area contributed by atoms with Crippen molar-refractivity contribution >= 4 is 0 Å². The molecule has 1 aromatic carbocycles. The SMILES string of the molecule is CCOc1cccn(CCOc2ccc(C)cc2)c1=O. The number of hydrogen-bond acceptors (Lipinski definition) is 3. The van der Waals surface area contributed by atoms with Gasteiger partial charge in [0.1, 0.15) is 12.4 Å². The van der Waals surface area contributed by atoms with E-state index in [0.717, 1.165) is 5.75 Å². The Balaban J connectivity index is 1.95. The van der Waals surface area contributed by atoms with Gasteiger partial charge in [0.2, 0.25) is 0 Å². The number of hydrogen-bond donors (Lipinski definition) is 0. The van der Waals surface area contributed by atoms with Crippen molar-refractivity contribution in [2.75, 3.05) is 13.2 Å². The molecule has 0 aliphatic carbocycles. The fraction of sp³-hybridized carbons (Fsp3) is 0.312. The molecule has 0 saturated heterocycles. The fourth-order valence-corrected chi connectivity index (χ4v) is 1.85. The van der Waals surface area contributed by atoms with Gasteiger partial charge >= 0.3 is 0 Å². The van der Waals surface area contributed by atoms with Crippen molar-refractivity contribution < 1.29 is 9.47 Å². The molecule has 2 rings (SSSR count). The summed E-state index contributed by atoms with van der Waals surface area (Å²) >= 11 is 0. The molecule has 1 aromatic heterocycles. The van der Waals surface area contributed by atoms with Crippen LogP contribution in [0.3, 0.4) is 0 Å². The molecule has 0 saturated carbocycles. The highest BCUT2D eigenvalue weighted by molar-refractivity contribution is 5.26. The lowest BCUT2D eigenvalue weighted by atomic mass is 10.2. The second kappa shape index (κ2) is 6.80. The molecular formula is C16H19NO3. The maximum atomic E-state index is 12.0. The van der Waals surface area contributed by atoms with E-state index in [4.69, 9.17) is 9.47 Å². The van der Waals surface area contributed by atoms with Gasteiger partial charge in [-0.1, -0.05) is 17.7 Å². The largest absolute Gasteiger partial charge is 0.492 e. The second-order valence-corrected chi connectivity index (χ2v) is 4.47. The van der Waals surface area contributed by atoms with Crippen molar-refractivity contribution in [2.24, 2.45) is 0 Å². The molecule has 0 atom stereocenters. The van der Waals surface area contributed by atoms with Crippen LogP contribution in [-0.4, -0.2) is 17.8 Å². The number of rotatable bonds is 6.